The Bertz CT molecular complexity index is 177. The Balaban J connectivity index is 2.38. The van der Waals surface area contributed by atoms with Gasteiger partial charge in [0.2, 0.25) is 0 Å². The molecule has 2 atom stereocenters. The fourth-order valence-corrected chi connectivity index (χ4v) is 1.41. The van der Waals surface area contributed by atoms with E-state index < -0.39 is 12.1 Å². The highest BCUT2D eigenvalue weighted by Gasteiger charge is 2.25. The zero-order chi connectivity index (χ0) is 8.97. The molecular weight excluding hydrogens is 156 g/mol. The van der Waals surface area contributed by atoms with Crippen molar-refractivity contribution in [3.63, 3.8) is 0 Å². The van der Waals surface area contributed by atoms with Crippen LogP contribution in [0.25, 0.3) is 0 Å². The van der Waals surface area contributed by atoms with Gasteiger partial charge in [0.15, 0.2) is 0 Å². The highest BCUT2D eigenvalue weighted by molar-refractivity contribution is 5.81. The van der Waals surface area contributed by atoms with Gasteiger partial charge in [0.1, 0.15) is 6.10 Å². The minimum Gasteiger partial charge on any atom is -0.456 e. The Morgan fingerprint density at radius 1 is 1.50 bits per heavy atom. The minimum absolute atomic E-state index is 0.316. The fraction of sp³-hybridized carbons (Fsp3) is 0.667. The van der Waals surface area contributed by atoms with Gasteiger partial charge in [-0.1, -0.05) is 13.0 Å². The molecule has 3 nitrogen and oxygen atoms in total. The quantitative estimate of drug-likeness (QED) is 0.497. The second-order valence-corrected chi connectivity index (χ2v) is 3.03. The molecule has 0 spiro atoms. The maximum atomic E-state index is 10.8. The summed E-state index contributed by atoms with van der Waals surface area (Å²) in [5.41, 5.74) is 0. The third kappa shape index (κ3) is 2.34. The van der Waals surface area contributed by atoms with Crippen LogP contribution in [0.5, 0.6) is 0 Å². The summed E-state index contributed by atoms with van der Waals surface area (Å²) in [5.74, 6) is -0.444. The molecule has 0 saturated heterocycles. The van der Waals surface area contributed by atoms with Crippen molar-refractivity contribution in [2.75, 3.05) is 0 Å². The molecule has 0 aromatic heterocycles. The van der Waals surface area contributed by atoms with Gasteiger partial charge in [0, 0.05) is 6.08 Å². The van der Waals surface area contributed by atoms with Gasteiger partial charge in [-0.25, -0.2) is 4.79 Å². The van der Waals surface area contributed by atoms with Crippen molar-refractivity contribution in [1.82, 2.24) is 0 Å². The molecule has 1 aliphatic rings. The van der Waals surface area contributed by atoms with Crippen LogP contribution in [0.3, 0.4) is 0 Å². The first-order valence-corrected chi connectivity index (χ1v) is 4.25. The number of carbonyl (C=O) groups excluding carboxylic acids is 1. The Kier molecular flexibility index (Phi) is 3.29. The van der Waals surface area contributed by atoms with Crippen LogP contribution in [0, 0.1) is 0 Å². The van der Waals surface area contributed by atoms with Crippen LogP contribution < -0.4 is 0 Å². The van der Waals surface area contributed by atoms with E-state index >= 15 is 0 Å². The molecule has 0 heterocycles. The first-order valence-electron chi connectivity index (χ1n) is 4.25. The molecule has 1 saturated carbocycles. The van der Waals surface area contributed by atoms with E-state index in [1.54, 1.807) is 0 Å². The number of ether oxygens (including phenoxy) is 1. The molecule has 0 aromatic carbocycles. The molecular formula is C9H14O3. The number of rotatable bonds is 2. The molecule has 0 aliphatic heterocycles. The van der Waals surface area contributed by atoms with Crippen molar-refractivity contribution in [2.45, 2.75) is 37.9 Å². The second-order valence-electron chi connectivity index (χ2n) is 3.03. The van der Waals surface area contributed by atoms with Crippen LogP contribution in [0.4, 0.5) is 0 Å². The number of aliphatic hydroxyl groups excluding tert-OH is 1. The van der Waals surface area contributed by atoms with Crippen LogP contribution in [0.1, 0.15) is 25.7 Å². The number of hydrogen-bond acceptors (Lipinski definition) is 3. The second kappa shape index (κ2) is 4.26. The van der Waals surface area contributed by atoms with Crippen LogP contribution >= 0.6 is 0 Å². The Morgan fingerprint density at radius 3 is 2.75 bits per heavy atom. The van der Waals surface area contributed by atoms with Gasteiger partial charge in [-0.2, -0.15) is 0 Å². The lowest BCUT2D eigenvalue weighted by molar-refractivity contribution is -0.151. The normalized spacial score (nSPS) is 29.4. The SMILES string of the molecule is C=CC(=O)OC1CCCCC1O. The van der Waals surface area contributed by atoms with Gasteiger partial charge >= 0.3 is 5.97 Å². The fourth-order valence-electron chi connectivity index (χ4n) is 1.41. The zero-order valence-electron chi connectivity index (χ0n) is 7.03. The molecule has 1 aliphatic carbocycles. The Morgan fingerprint density at radius 2 is 2.17 bits per heavy atom. The van der Waals surface area contributed by atoms with Gasteiger partial charge in [-0.15, -0.1) is 0 Å². The topological polar surface area (TPSA) is 46.5 Å². The molecule has 68 valence electrons. The highest BCUT2D eigenvalue weighted by atomic mass is 16.6. The smallest absolute Gasteiger partial charge is 0.330 e. The van der Waals surface area contributed by atoms with Crippen molar-refractivity contribution in [3.8, 4) is 0 Å². The summed E-state index contributed by atoms with van der Waals surface area (Å²) in [5, 5.41) is 9.40. The van der Waals surface area contributed by atoms with Crippen molar-refractivity contribution in [2.24, 2.45) is 0 Å². The molecule has 1 N–H and O–H groups in total. The zero-order valence-corrected chi connectivity index (χ0v) is 7.03. The van der Waals surface area contributed by atoms with Crippen LogP contribution in [-0.4, -0.2) is 23.3 Å². The third-order valence-corrected chi connectivity index (χ3v) is 2.10. The van der Waals surface area contributed by atoms with Crippen molar-refractivity contribution >= 4 is 5.97 Å². The molecule has 12 heavy (non-hydrogen) atoms. The largest absolute Gasteiger partial charge is 0.456 e. The van der Waals surface area contributed by atoms with E-state index in [-0.39, 0.29) is 6.10 Å². The average Bonchev–Trinajstić information content (AvgIpc) is 2.09. The van der Waals surface area contributed by atoms with Crippen LogP contribution in [0.15, 0.2) is 12.7 Å². The van der Waals surface area contributed by atoms with E-state index in [4.69, 9.17) is 4.74 Å². The van der Waals surface area contributed by atoms with Crippen molar-refractivity contribution < 1.29 is 14.6 Å². The molecule has 1 rings (SSSR count). The lowest BCUT2D eigenvalue weighted by Crippen LogP contribution is -2.33. The van der Waals surface area contributed by atoms with Gasteiger partial charge in [-0.05, 0) is 19.3 Å². The van der Waals surface area contributed by atoms with E-state index in [1.807, 2.05) is 0 Å². The molecule has 3 heteroatoms. The van der Waals surface area contributed by atoms with Gasteiger partial charge in [-0.3, -0.25) is 0 Å². The summed E-state index contributed by atoms with van der Waals surface area (Å²) in [7, 11) is 0. The molecule has 2 unspecified atom stereocenters. The summed E-state index contributed by atoms with van der Waals surface area (Å²) < 4.78 is 4.95. The Labute approximate surface area is 72.0 Å². The number of carbonyl (C=O) groups is 1. The van der Waals surface area contributed by atoms with Gasteiger partial charge in [0.25, 0.3) is 0 Å². The number of esters is 1. The van der Waals surface area contributed by atoms with Crippen molar-refractivity contribution in [3.05, 3.63) is 12.7 Å². The van der Waals surface area contributed by atoms with Gasteiger partial charge in [0.05, 0.1) is 6.10 Å². The summed E-state index contributed by atoms with van der Waals surface area (Å²) >= 11 is 0. The number of aliphatic hydroxyl groups is 1. The van der Waals surface area contributed by atoms with Crippen LogP contribution in [0.2, 0.25) is 0 Å². The lowest BCUT2D eigenvalue weighted by Gasteiger charge is -2.26. The molecule has 0 amide bonds. The predicted molar refractivity (Wildman–Crippen MR) is 44.6 cm³/mol. The Hall–Kier alpha value is -0.830. The van der Waals surface area contributed by atoms with E-state index in [9.17, 15) is 9.90 Å². The predicted octanol–water partition coefficient (Wildman–Crippen LogP) is 1.02. The highest BCUT2D eigenvalue weighted by Crippen LogP contribution is 2.21. The van der Waals surface area contributed by atoms with Gasteiger partial charge < -0.3 is 9.84 Å². The summed E-state index contributed by atoms with van der Waals surface area (Å²) in [6.07, 6.45) is 3.86. The number of hydrogen-bond donors (Lipinski definition) is 1. The van der Waals surface area contributed by atoms with E-state index in [0.29, 0.717) is 0 Å². The first-order chi connectivity index (χ1) is 5.74. The maximum Gasteiger partial charge on any atom is 0.330 e. The van der Waals surface area contributed by atoms with E-state index in [1.165, 1.54) is 0 Å². The third-order valence-electron chi connectivity index (χ3n) is 2.10. The van der Waals surface area contributed by atoms with E-state index in [2.05, 4.69) is 6.58 Å². The van der Waals surface area contributed by atoms with Crippen molar-refractivity contribution in [1.29, 1.82) is 0 Å². The minimum atomic E-state index is -0.484. The standard InChI is InChI=1S/C9H14O3/c1-2-9(11)12-8-6-4-3-5-7(8)10/h2,7-8,10H,1,3-6H2. The maximum absolute atomic E-state index is 10.8. The molecule has 0 aromatic rings. The molecule has 1 fully saturated rings. The first kappa shape index (κ1) is 9.26. The summed E-state index contributed by atoms with van der Waals surface area (Å²) in [6.45, 7) is 3.29. The molecule has 0 radical (unpaired) electrons. The van der Waals surface area contributed by atoms with Crippen LogP contribution in [-0.2, 0) is 9.53 Å². The summed E-state index contributed by atoms with van der Waals surface area (Å²) in [6, 6.07) is 0. The monoisotopic (exact) mass is 170 g/mol. The lowest BCUT2D eigenvalue weighted by atomic mass is 9.95. The average molecular weight is 170 g/mol. The van der Waals surface area contributed by atoms with E-state index in [0.717, 1.165) is 31.8 Å². The molecule has 0 bridgehead atoms. The summed E-state index contributed by atoms with van der Waals surface area (Å²) in [4.78, 5) is 10.8.